The van der Waals surface area contributed by atoms with Crippen molar-refractivity contribution < 1.29 is 17.2 Å². The van der Waals surface area contributed by atoms with Gasteiger partial charge in [0.15, 0.2) is 5.82 Å². The molecular formula is C17H14F2N4O2S. The molecule has 0 aliphatic heterocycles. The molecule has 9 heteroatoms. The Hall–Kier alpha value is -2.99. The van der Waals surface area contributed by atoms with Crippen molar-refractivity contribution in [3.8, 4) is 6.07 Å². The van der Waals surface area contributed by atoms with E-state index >= 15 is 0 Å². The fraction of sp³-hybridized carbons (Fsp3) is 0.176. The molecule has 3 aromatic rings. The summed E-state index contributed by atoms with van der Waals surface area (Å²) in [6.07, 6.45) is 1.58. The Morgan fingerprint density at radius 1 is 1.27 bits per heavy atom. The summed E-state index contributed by atoms with van der Waals surface area (Å²) in [5.41, 5.74) is 0.468. The maximum atomic E-state index is 14.3. The zero-order valence-electron chi connectivity index (χ0n) is 13.7. The third-order valence-corrected chi connectivity index (χ3v) is 5.57. The average Bonchev–Trinajstić information content (AvgIpc) is 2.99. The van der Waals surface area contributed by atoms with Gasteiger partial charge in [0, 0.05) is 11.5 Å². The predicted molar refractivity (Wildman–Crippen MR) is 93.4 cm³/mol. The number of fused-ring (bicyclic) bond motifs is 1. The summed E-state index contributed by atoms with van der Waals surface area (Å²) in [7, 11) is -3.93. The van der Waals surface area contributed by atoms with Gasteiger partial charge in [0.1, 0.15) is 23.2 Å². The Kier molecular flexibility index (Phi) is 4.61. The summed E-state index contributed by atoms with van der Waals surface area (Å²) in [5.74, 6) is -2.04. The normalized spacial score (nSPS) is 11.5. The first-order valence-corrected chi connectivity index (χ1v) is 9.33. The molecule has 1 aromatic carbocycles. The summed E-state index contributed by atoms with van der Waals surface area (Å²) in [4.78, 5) is 6.88. The summed E-state index contributed by atoms with van der Waals surface area (Å²) in [5, 5.41) is 9.45. The predicted octanol–water partition coefficient (Wildman–Crippen LogP) is 3.59. The zero-order valence-corrected chi connectivity index (χ0v) is 14.5. The monoisotopic (exact) mass is 376 g/mol. The fourth-order valence-electron chi connectivity index (χ4n) is 2.62. The Balaban J connectivity index is 2.22. The molecule has 26 heavy (non-hydrogen) atoms. The molecule has 0 fully saturated rings. The SMILES string of the molecule is CCCS(=O)(=O)N(c1cnc2[nH]c(C#N)cc2c1)c1ccc(F)cc1F. The van der Waals surface area contributed by atoms with Gasteiger partial charge in [-0.1, -0.05) is 6.92 Å². The molecule has 0 atom stereocenters. The van der Waals surface area contributed by atoms with Crippen LogP contribution < -0.4 is 4.31 Å². The maximum absolute atomic E-state index is 14.3. The number of rotatable bonds is 5. The van der Waals surface area contributed by atoms with Crippen molar-refractivity contribution in [3.05, 3.63) is 53.9 Å². The van der Waals surface area contributed by atoms with Gasteiger partial charge in [-0.15, -0.1) is 0 Å². The lowest BCUT2D eigenvalue weighted by Gasteiger charge is -2.24. The Morgan fingerprint density at radius 3 is 2.69 bits per heavy atom. The largest absolute Gasteiger partial charge is 0.331 e. The van der Waals surface area contributed by atoms with Gasteiger partial charge in [0.2, 0.25) is 10.0 Å². The van der Waals surface area contributed by atoms with Gasteiger partial charge in [0.25, 0.3) is 0 Å². The molecule has 134 valence electrons. The number of nitrogens with one attached hydrogen (secondary N) is 1. The molecule has 0 amide bonds. The lowest BCUT2D eigenvalue weighted by Crippen LogP contribution is -2.29. The standard InChI is InChI=1S/C17H14F2N4O2S/c1-2-5-26(24,25)23(16-4-3-12(18)8-15(16)19)14-7-11-6-13(9-20)22-17(11)21-10-14/h3-4,6-8,10H,2,5H2,1H3,(H,21,22). The van der Waals surface area contributed by atoms with E-state index in [0.717, 1.165) is 16.4 Å². The minimum Gasteiger partial charge on any atom is -0.331 e. The number of anilines is 2. The van der Waals surface area contributed by atoms with E-state index in [1.807, 2.05) is 6.07 Å². The van der Waals surface area contributed by atoms with Gasteiger partial charge in [-0.25, -0.2) is 26.5 Å². The molecule has 2 aromatic heterocycles. The maximum Gasteiger partial charge on any atom is 0.239 e. The minimum atomic E-state index is -3.93. The third-order valence-electron chi connectivity index (χ3n) is 3.68. The number of hydrogen-bond donors (Lipinski definition) is 1. The number of nitriles is 1. The third kappa shape index (κ3) is 3.23. The van der Waals surface area contributed by atoms with Crippen LogP contribution in [0.3, 0.4) is 0 Å². The van der Waals surface area contributed by atoms with E-state index in [0.29, 0.717) is 23.5 Å². The molecule has 1 N–H and O–H groups in total. The minimum absolute atomic E-state index is 0.0972. The molecule has 0 saturated heterocycles. The van der Waals surface area contributed by atoms with Gasteiger partial charge in [0.05, 0.1) is 23.3 Å². The number of aromatic amines is 1. The number of benzene rings is 1. The first-order valence-electron chi connectivity index (χ1n) is 7.72. The van der Waals surface area contributed by atoms with Crippen LogP contribution >= 0.6 is 0 Å². The molecule has 3 rings (SSSR count). The molecule has 0 aliphatic rings. The van der Waals surface area contributed by atoms with E-state index in [2.05, 4.69) is 9.97 Å². The molecule has 2 heterocycles. The lowest BCUT2D eigenvalue weighted by atomic mass is 10.2. The number of sulfonamides is 1. The lowest BCUT2D eigenvalue weighted by molar-refractivity contribution is 0.578. The van der Waals surface area contributed by atoms with E-state index in [4.69, 9.17) is 5.26 Å². The summed E-state index contributed by atoms with van der Waals surface area (Å²) in [6, 6.07) is 7.61. The number of hydrogen-bond acceptors (Lipinski definition) is 4. The van der Waals surface area contributed by atoms with Crippen LogP contribution in [0, 0.1) is 23.0 Å². The zero-order chi connectivity index (χ0) is 18.9. The van der Waals surface area contributed by atoms with Crippen LogP contribution in [0.2, 0.25) is 0 Å². The molecule has 6 nitrogen and oxygen atoms in total. The van der Waals surface area contributed by atoms with Crippen LogP contribution in [0.5, 0.6) is 0 Å². The van der Waals surface area contributed by atoms with Crippen molar-refractivity contribution in [1.82, 2.24) is 9.97 Å². The first kappa shape index (κ1) is 17.8. The van der Waals surface area contributed by atoms with Gasteiger partial charge in [-0.05, 0) is 30.7 Å². The molecule has 0 radical (unpaired) electrons. The Labute approximate surface area is 148 Å². The van der Waals surface area contributed by atoms with E-state index < -0.39 is 21.7 Å². The van der Waals surface area contributed by atoms with Crippen LogP contribution in [-0.4, -0.2) is 24.1 Å². The van der Waals surface area contributed by atoms with E-state index in [1.54, 1.807) is 6.92 Å². The van der Waals surface area contributed by atoms with E-state index in [9.17, 15) is 17.2 Å². The molecule has 0 unspecified atom stereocenters. The Morgan fingerprint density at radius 2 is 2.04 bits per heavy atom. The second-order valence-electron chi connectivity index (χ2n) is 5.60. The highest BCUT2D eigenvalue weighted by Crippen LogP contribution is 2.33. The van der Waals surface area contributed by atoms with E-state index in [1.165, 1.54) is 18.3 Å². The van der Waals surface area contributed by atoms with Crippen molar-refractivity contribution in [2.75, 3.05) is 10.1 Å². The van der Waals surface area contributed by atoms with Gasteiger partial charge < -0.3 is 4.98 Å². The molecular weight excluding hydrogens is 362 g/mol. The van der Waals surface area contributed by atoms with Crippen LogP contribution in [0.4, 0.5) is 20.2 Å². The topological polar surface area (TPSA) is 89.8 Å². The average molecular weight is 376 g/mol. The van der Waals surface area contributed by atoms with Crippen molar-refractivity contribution in [2.24, 2.45) is 0 Å². The smallest absolute Gasteiger partial charge is 0.239 e. The fourth-order valence-corrected chi connectivity index (χ4v) is 4.19. The van der Waals surface area contributed by atoms with Gasteiger partial charge in [-0.3, -0.25) is 0 Å². The second-order valence-corrected chi connectivity index (χ2v) is 7.54. The van der Waals surface area contributed by atoms with Gasteiger partial charge >= 0.3 is 0 Å². The summed E-state index contributed by atoms with van der Waals surface area (Å²) >= 11 is 0. The summed E-state index contributed by atoms with van der Waals surface area (Å²) < 4.78 is 53.9. The van der Waals surface area contributed by atoms with Crippen molar-refractivity contribution in [1.29, 1.82) is 5.26 Å². The van der Waals surface area contributed by atoms with Crippen molar-refractivity contribution >= 4 is 32.4 Å². The Bertz CT molecular complexity index is 1120. The van der Waals surface area contributed by atoms with Crippen LogP contribution in [-0.2, 0) is 10.0 Å². The highest BCUT2D eigenvalue weighted by Gasteiger charge is 2.27. The van der Waals surface area contributed by atoms with Gasteiger partial charge in [-0.2, -0.15) is 5.26 Å². The van der Waals surface area contributed by atoms with Crippen LogP contribution in [0.25, 0.3) is 11.0 Å². The number of halogens is 2. The molecule has 0 saturated carbocycles. The first-order chi connectivity index (χ1) is 12.4. The quantitative estimate of drug-likeness (QED) is 0.737. The summed E-state index contributed by atoms with van der Waals surface area (Å²) in [6.45, 7) is 1.68. The van der Waals surface area contributed by atoms with Crippen molar-refractivity contribution in [3.63, 3.8) is 0 Å². The highest BCUT2D eigenvalue weighted by atomic mass is 32.2. The van der Waals surface area contributed by atoms with Crippen molar-refractivity contribution in [2.45, 2.75) is 13.3 Å². The highest BCUT2D eigenvalue weighted by molar-refractivity contribution is 7.93. The molecule has 0 bridgehead atoms. The molecule has 0 spiro atoms. The van der Waals surface area contributed by atoms with E-state index in [-0.39, 0.29) is 22.8 Å². The number of H-pyrrole nitrogens is 1. The number of aromatic nitrogens is 2. The number of nitrogens with zero attached hydrogens (tertiary/aromatic N) is 3. The van der Waals surface area contributed by atoms with Crippen LogP contribution in [0.1, 0.15) is 19.0 Å². The van der Waals surface area contributed by atoms with Crippen LogP contribution in [0.15, 0.2) is 36.5 Å². The number of pyridine rings is 1. The molecule has 0 aliphatic carbocycles. The second kappa shape index (κ2) is 6.72.